The molecular formula is C14H21NO4S. The van der Waals surface area contributed by atoms with Gasteiger partial charge in [-0.1, -0.05) is 30.3 Å². The van der Waals surface area contributed by atoms with Gasteiger partial charge in [0.05, 0.1) is 5.75 Å². The Hall–Kier alpha value is -1.40. The van der Waals surface area contributed by atoms with Gasteiger partial charge in [-0.3, -0.25) is 9.35 Å². The predicted molar refractivity (Wildman–Crippen MR) is 78.0 cm³/mol. The SMILES string of the molecule is CCN(CCCS(=O)(=O)O)C(=O)CCc1ccccc1. The molecule has 0 fully saturated rings. The summed E-state index contributed by atoms with van der Waals surface area (Å²) in [6.45, 7) is 2.75. The Balaban J connectivity index is 2.39. The lowest BCUT2D eigenvalue weighted by atomic mass is 10.1. The predicted octanol–water partition coefficient (Wildman–Crippen LogP) is 1.75. The molecule has 0 saturated heterocycles. The first-order valence-corrected chi connectivity index (χ1v) is 8.30. The van der Waals surface area contributed by atoms with Crippen molar-refractivity contribution in [2.24, 2.45) is 0 Å². The second-order valence-corrected chi connectivity index (χ2v) is 6.17. The topological polar surface area (TPSA) is 74.7 Å². The molecule has 1 aromatic rings. The highest BCUT2D eigenvalue weighted by atomic mass is 32.2. The Labute approximate surface area is 120 Å². The second-order valence-electron chi connectivity index (χ2n) is 4.60. The van der Waals surface area contributed by atoms with E-state index < -0.39 is 10.1 Å². The Kier molecular flexibility index (Phi) is 6.67. The highest BCUT2D eigenvalue weighted by Crippen LogP contribution is 2.05. The van der Waals surface area contributed by atoms with E-state index in [0.29, 0.717) is 25.9 Å². The van der Waals surface area contributed by atoms with Crippen molar-refractivity contribution < 1.29 is 17.8 Å². The summed E-state index contributed by atoms with van der Waals surface area (Å²) in [5, 5.41) is 0. The summed E-state index contributed by atoms with van der Waals surface area (Å²) in [6.07, 6.45) is 1.34. The van der Waals surface area contributed by atoms with E-state index in [2.05, 4.69) is 0 Å². The highest BCUT2D eigenvalue weighted by molar-refractivity contribution is 7.85. The first-order valence-electron chi connectivity index (χ1n) is 6.69. The van der Waals surface area contributed by atoms with Gasteiger partial charge < -0.3 is 4.90 Å². The fourth-order valence-electron chi connectivity index (χ4n) is 1.95. The lowest BCUT2D eigenvalue weighted by molar-refractivity contribution is -0.131. The van der Waals surface area contributed by atoms with Crippen LogP contribution < -0.4 is 0 Å². The van der Waals surface area contributed by atoms with Crippen LogP contribution in [0.25, 0.3) is 0 Å². The van der Waals surface area contributed by atoms with E-state index in [1.165, 1.54) is 0 Å². The van der Waals surface area contributed by atoms with E-state index in [-0.39, 0.29) is 18.1 Å². The van der Waals surface area contributed by atoms with E-state index in [1.807, 2.05) is 37.3 Å². The fraction of sp³-hybridized carbons (Fsp3) is 0.500. The molecule has 0 aliphatic carbocycles. The Morgan fingerprint density at radius 3 is 2.45 bits per heavy atom. The van der Waals surface area contributed by atoms with Crippen LogP contribution in [-0.2, 0) is 21.3 Å². The van der Waals surface area contributed by atoms with Crippen molar-refractivity contribution in [3.8, 4) is 0 Å². The minimum Gasteiger partial charge on any atom is -0.343 e. The number of hydrogen-bond donors (Lipinski definition) is 1. The lowest BCUT2D eigenvalue weighted by Crippen LogP contribution is -2.32. The average molecular weight is 299 g/mol. The zero-order valence-corrected chi connectivity index (χ0v) is 12.5. The van der Waals surface area contributed by atoms with E-state index in [0.717, 1.165) is 5.56 Å². The maximum atomic E-state index is 12.0. The Morgan fingerprint density at radius 2 is 1.90 bits per heavy atom. The molecule has 1 N–H and O–H groups in total. The Bertz CT molecular complexity index is 513. The van der Waals surface area contributed by atoms with Crippen molar-refractivity contribution in [1.82, 2.24) is 4.90 Å². The summed E-state index contributed by atoms with van der Waals surface area (Å²) in [6, 6.07) is 9.75. The van der Waals surface area contributed by atoms with Gasteiger partial charge in [-0.05, 0) is 25.3 Å². The summed E-state index contributed by atoms with van der Waals surface area (Å²) >= 11 is 0. The Morgan fingerprint density at radius 1 is 1.25 bits per heavy atom. The number of carbonyl (C=O) groups is 1. The number of benzene rings is 1. The largest absolute Gasteiger partial charge is 0.343 e. The van der Waals surface area contributed by atoms with Gasteiger partial charge in [-0.2, -0.15) is 8.42 Å². The van der Waals surface area contributed by atoms with Crippen LogP contribution in [0.5, 0.6) is 0 Å². The van der Waals surface area contributed by atoms with Crippen molar-refractivity contribution in [1.29, 1.82) is 0 Å². The van der Waals surface area contributed by atoms with Crippen LogP contribution in [0.3, 0.4) is 0 Å². The van der Waals surface area contributed by atoms with Crippen molar-refractivity contribution in [2.75, 3.05) is 18.8 Å². The van der Waals surface area contributed by atoms with Gasteiger partial charge in [-0.25, -0.2) is 0 Å². The van der Waals surface area contributed by atoms with Gasteiger partial charge in [0.1, 0.15) is 0 Å². The van der Waals surface area contributed by atoms with Crippen molar-refractivity contribution in [3.05, 3.63) is 35.9 Å². The molecule has 1 amide bonds. The number of carbonyl (C=O) groups excluding carboxylic acids is 1. The summed E-state index contributed by atoms with van der Waals surface area (Å²) in [7, 11) is -3.95. The monoisotopic (exact) mass is 299 g/mol. The molecule has 112 valence electrons. The quantitative estimate of drug-likeness (QED) is 0.742. The summed E-state index contributed by atoms with van der Waals surface area (Å²) in [5.41, 5.74) is 1.11. The molecule has 0 aliphatic rings. The molecule has 0 saturated carbocycles. The molecule has 0 bridgehead atoms. The zero-order valence-electron chi connectivity index (χ0n) is 11.7. The number of aryl methyl sites for hydroxylation is 1. The highest BCUT2D eigenvalue weighted by Gasteiger charge is 2.13. The molecule has 1 aromatic carbocycles. The van der Waals surface area contributed by atoms with Gasteiger partial charge in [0.15, 0.2) is 0 Å². The molecule has 1 rings (SSSR count). The average Bonchev–Trinajstić information content (AvgIpc) is 2.41. The van der Waals surface area contributed by atoms with Crippen LogP contribution in [0.2, 0.25) is 0 Å². The van der Waals surface area contributed by atoms with Crippen LogP contribution in [-0.4, -0.2) is 42.6 Å². The van der Waals surface area contributed by atoms with Crippen LogP contribution in [0.15, 0.2) is 30.3 Å². The minimum atomic E-state index is -3.95. The van der Waals surface area contributed by atoms with E-state index in [9.17, 15) is 13.2 Å². The molecule has 0 aliphatic heterocycles. The third-order valence-electron chi connectivity index (χ3n) is 3.04. The first-order chi connectivity index (χ1) is 9.42. The molecule has 0 aromatic heterocycles. The summed E-state index contributed by atoms with van der Waals surface area (Å²) in [4.78, 5) is 13.6. The molecule has 0 heterocycles. The molecule has 20 heavy (non-hydrogen) atoms. The summed E-state index contributed by atoms with van der Waals surface area (Å²) < 4.78 is 29.9. The second kappa shape index (κ2) is 8.01. The first kappa shape index (κ1) is 16.7. The van der Waals surface area contributed by atoms with Gasteiger partial charge in [-0.15, -0.1) is 0 Å². The third kappa shape index (κ3) is 6.68. The van der Waals surface area contributed by atoms with Gasteiger partial charge in [0.25, 0.3) is 10.1 Å². The number of hydrogen-bond acceptors (Lipinski definition) is 3. The van der Waals surface area contributed by atoms with Crippen LogP contribution in [0.4, 0.5) is 0 Å². The minimum absolute atomic E-state index is 0.00620. The normalized spacial score (nSPS) is 11.3. The third-order valence-corrected chi connectivity index (χ3v) is 3.84. The van der Waals surface area contributed by atoms with Gasteiger partial charge in [0.2, 0.25) is 5.91 Å². The number of nitrogens with zero attached hydrogens (tertiary/aromatic N) is 1. The van der Waals surface area contributed by atoms with Crippen molar-refractivity contribution in [3.63, 3.8) is 0 Å². The van der Waals surface area contributed by atoms with E-state index >= 15 is 0 Å². The van der Waals surface area contributed by atoms with Crippen LogP contribution >= 0.6 is 0 Å². The maximum Gasteiger partial charge on any atom is 0.264 e. The fourth-order valence-corrected chi connectivity index (χ4v) is 2.44. The van der Waals surface area contributed by atoms with E-state index in [4.69, 9.17) is 4.55 Å². The molecule has 5 nitrogen and oxygen atoms in total. The standard InChI is InChI=1S/C14H21NO4S/c1-2-15(11-6-12-20(17,18)19)14(16)10-9-13-7-4-3-5-8-13/h3-5,7-8H,2,6,9-12H2,1H3,(H,17,18,19). The zero-order chi connectivity index (χ0) is 15.0. The van der Waals surface area contributed by atoms with Crippen LogP contribution in [0.1, 0.15) is 25.3 Å². The van der Waals surface area contributed by atoms with Gasteiger partial charge >= 0.3 is 0 Å². The lowest BCUT2D eigenvalue weighted by Gasteiger charge is -2.20. The van der Waals surface area contributed by atoms with Gasteiger partial charge in [0, 0.05) is 19.5 Å². The van der Waals surface area contributed by atoms with Crippen molar-refractivity contribution in [2.45, 2.75) is 26.2 Å². The molecule has 6 heteroatoms. The molecule has 0 atom stereocenters. The van der Waals surface area contributed by atoms with E-state index in [1.54, 1.807) is 4.90 Å². The smallest absolute Gasteiger partial charge is 0.264 e. The number of rotatable bonds is 8. The molecule has 0 spiro atoms. The molecular weight excluding hydrogens is 278 g/mol. The summed E-state index contributed by atoms with van der Waals surface area (Å²) in [5.74, 6) is -0.304. The maximum absolute atomic E-state index is 12.0. The number of amides is 1. The molecule has 0 unspecified atom stereocenters. The van der Waals surface area contributed by atoms with Crippen molar-refractivity contribution >= 4 is 16.0 Å². The molecule has 0 radical (unpaired) electrons. The van der Waals surface area contributed by atoms with Crippen LogP contribution in [0, 0.1) is 0 Å².